The molecule has 1 heterocycles. The summed E-state index contributed by atoms with van der Waals surface area (Å²) in [4.78, 5) is 0. The lowest BCUT2D eigenvalue weighted by atomic mass is 10.1. The molecule has 0 aromatic heterocycles. The summed E-state index contributed by atoms with van der Waals surface area (Å²) in [6.07, 6.45) is -2.04. The normalized spacial score (nSPS) is 17.5. The van der Waals surface area contributed by atoms with E-state index in [0.717, 1.165) is 30.8 Å². The number of ether oxygens (including phenoxy) is 2. The third kappa shape index (κ3) is 5.13. The number of halogens is 3. The van der Waals surface area contributed by atoms with Crippen LogP contribution in [0.1, 0.15) is 24.0 Å². The summed E-state index contributed by atoms with van der Waals surface area (Å²) in [7, 11) is 0. The third-order valence-corrected chi connectivity index (χ3v) is 4.10. The molecule has 1 N–H and O–H groups in total. The lowest BCUT2D eigenvalue weighted by Gasteiger charge is -2.13. The molecule has 0 amide bonds. The number of benzene rings is 2. The second-order valence-electron chi connectivity index (χ2n) is 6.06. The Morgan fingerprint density at radius 1 is 1.00 bits per heavy atom. The molecule has 1 saturated heterocycles. The molecule has 0 aliphatic carbocycles. The molecule has 0 radical (unpaired) electrons. The number of rotatable bonds is 6. The minimum Gasteiger partial charge on any atom is -0.492 e. The first-order valence-electron chi connectivity index (χ1n) is 8.26. The molecule has 1 aliphatic rings. The molecule has 1 atom stereocenters. The van der Waals surface area contributed by atoms with Crippen LogP contribution in [0.4, 0.5) is 13.2 Å². The molecule has 0 saturated carbocycles. The Morgan fingerprint density at radius 2 is 1.72 bits per heavy atom. The summed E-state index contributed by atoms with van der Waals surface area (Å²) in [5.41, 5.74) is -0.194. The van der Waals surface area contributed by atoms with Gasteiger partial charge in [0.2, 0.25) is 0 Å². The quantitative estimate of drug-likeness (QED) is 0.836. The van der Waals surface area contributed by atoms with E-state index in [-0.39, 0.29) is 6.61 Å². The monoisotopic (exact) mass is 351 g/mol. The molecular weight excluding hydrogens is 331 g/mol. The second kappa shape index (κ2) is 7.78. The third-order valence-electron chi connectivity index (χ3n) is 4.10. The van der Waals surface area contributed by atoms with Crippen LogP contribution in [0.25, 0.3) is 0 Å². The fourth-order valence-electron chi connectivity index (χ4n) is 2.73. The Balaban J connectivity index is 1.51. The van der Waals surface area contributed by atoms with Crippen LogP contribution in [0.2, 0.25) is 0 Å². The van der Waals surface area contributed by atoms with Gasteiger partial charge in [0.25, 0.3) is 0 Å². The first-order valence-corrected chi connectivity index (χ1v) is 8.26. The summed E-state index contributed by atoms with van der Waals surface area (Å²) in [6, 6.07) is 12.7. The smallest absolute Gasteiger partial charge is 0.416 e. The molecule has 1 aliphatic heterocycles. The summed E-state index contributed by atoms with van der Waals surface area (Å²) in [5, 5.41) is 3.36. The van der Waals surface area contributed by atoms with Gasteiger partial charge in [0.05, 0.1) is 5.56 Å². The molecule has 25 heavy (non-hydrogen) atoms. The molecule has 3 rings (SSSR count). The van der Waals surface area contributed by atoms with E-state index in [1.807, 2.05) is 0 Å². The SMILES string of the molecule is FC(F)(F)c1cccc(COc2ccc(OCC3CCCN3)cc2)c1. The number of alkyl halides is 3. The summed E-state index contributed by atoms with van der Waals surface area (Å²) < 4.78 is 49.4. The van der Waals surface area contributed by atoms with E-state index in [9.17, 15) is 13.2 Å². The van der Waals surface area contributed by atoms with Gasteiger partial charge in [0, 0.05) is 6.04 Å². The van der Waals surface area contributed by atoms with Gasteiger partial charge in [0.15, 0.2) is 0 Å². The fourth-order valence-corrected chi connectivity index (χ4v) is 2.73. The van der Waals surface area contributed by atoms with Crippen molar-refractivity contribution in [3.05, 3.63) is 59.7 Å². The van der Waals surface area contributed by atoms with Crippen molar-refractivity contribution in [2.75, 3.05) is 13.2 Å². The zero-order chi connectivity index (χ0) is 17.7. The first-order chi connectivity index (χ1) is 12.0. The van der Waals surface area contributed by atoms with E-state index in [1.165, 1.54) is 12.5 Å². The van der Waals surface area contributed by atoms with Crippen molar-refractivity contribution in [3.63, 3.8) is 0 Å². The van der Waals surface area contributed by atoms with Crippen LogP contribution in [-0.2, 0) is 12.8 Å². The minimum atomic E-state index is -4.34. The van der Waals surface area contributed by atoms with Crippen LogP contribution in [0.3, 0.4) is 0 Å². The highest BCUT2D eigenvalue weighted by atomic mass is 19.4. The molecule has 2 aromatic carbocycles. The van der Waals surface area contributed by atoms with Crippen LogP contribution in [0, 0.1) is 0 Å². The van der Waals surface area contributed by atoms with Crippen LogP contribution >= 0.6 is 0 Å². The molecule has 1 fully saturated rings. The van der Waals surface area contributed by atoms with Crippen molar-refractivity contribution in [1.29, 1.82) is 0 Å². The lowest BCUT2D eigenvalue weighted by Crippen LogP contribution is -2.28. The summed E-state index contributed by atoms with van der Waals surface area (Å²) >= 11 is 0. The van der Waals surface area contributed by atoms with Crippen LogP contribution in [0.15, 0.2) is 48.5 Å². The van der Waals surface area contributed by atoms with Crippen LogP contribution in [0.5, 0.6) is 11.5 Å². The number of hydrogen-bond acceptors (Lipinski definition) is 3. The Hall–Kier alpha value is -2.21. The molecule has 134 valence electrons. The predicted molar refractivity (Wildman–Crippen MR) is 88.7 cm³/mol. The molecule has 1 unspecified atom stereocenters. The zero-order valence-electron chi connectivity index (χ0n) is 13.7. The highest BCUT2D eigenvalue weighted by Crippen LogP contribution is 2.29. The van der Waals surface area contributed by atoms with Gasteiger partial charge in [-0.25, -0.2) is 0 Å². The van der Waals surface area contributed by atoms with E-state index in [2.05, 4.69) is 5.32 Å². The van der Waals surface area contributed by atoms with Gasteiger partial charge < -0.3 is 14.8 Å². The Kier molecular flexibility index (Phi) is 5.48. The van der Waals surface area contributed by atoms with Crippen molar-refractivity contribution in [2.24, 2.45) is 0 Å². The van der Waals surface area contributed by atoms with E-state index in [4.69, 9.17) is 9.47 Å². The molecule has 6 heteroatoms. The minimum absolute atomic E-state index is 0.0795. The molecule has 3 nitrogen and oxygen atoms in total. The van der Waals surface area contributed by atoms with E-state index < -0.39 is 11.7 Å². The number of nitrogens with one attached hydrogen (secondary N) is 1. The predicted octanol–water partition coefficient (Wildman–Crippen LogP) is 4.42. The molecule has 0 spiro atoms. The Morgan fingerprint density at radius 3 is 2.36 bits per heavy atom. The molecular formula is C19H20F3NO2. The highest BCUT2D eigenvalue weighted by Gasteiger charge is 2.30. The van der Waals surface area contributed by atoms with Crippen molar-refractivity contribution in [2.45, 2.75) is 31.7 Å². The largest absolute Gasteiger partial charge is 0.492 e. The topological polar surface area (TPSA) is 30.5 Å². The maximum absolute atomic E-state index is 12.7. The maximum Gasteiger partial charge on any atom is 0.416 e. The summed E-state index contributed by atoms with van der Waals surface area (Å²) in [6.45, 7) is 1.75. The highest BCUT2D eigenvalue weighted by molar-refractivity contribution is 5.32. The van der Waals surface area contributed by atoms with Gasteiger partial charge in [-0.05, 0) is 61.3 Å². The van der Waals surface area contributed by atoms with Crippen molar-refractivity contribution in [1.82, 2.24) is 5.32 Å². The molecule has 0 bridgehead atoms. The standard InChI is InChI=1S/C19H20F3NO2/c20-19(21,22)15-4-1-3-14(11-15)12-24-17-6-8-18(9-7-17)25-13-16-5-2-10-23-16/h1,3-4,6-9,11,16,23H,2,5,10,12-13H2. The van der Waals surface area contributed by atoms with Crippen molar-refractivity contribution in [3.8, 4) is 11.5 Å². The molecule has 2 aromatic rings. The number of hydrogen-bond donors (Lipinski definition) is 1. The van der Waals surface area contributed by atoms with Crippen LogP contribution < -0.4 is 14.8 Å². The Bertz CT molecular complexity index is 680. The van der Waals surface area contributed by atoms with Crippen molar-refractivity contribution < 1.29 is 22.6 Å². The van der Waals surface area contributed by atoms with Crippen LogP contribution in [-0.4, -0.2) is 19.2 Å². The van der Waals surface area contributed by atoms with Gasteiger partial charge in [0.1, 0.15) is 24.7 Å². The lowest BCUT2D eigenvalue weighted by molar-refractivity contribution is -0.137. The van der Waals surface area contributed by atoms with Gasteiger partial charge in [-0.1, -0.05) is 12.1 Å². The van der Waals surface area contributed by atoms with Gasteiger partial charge in [-0.3, -0.25) is 0 Å². The van der Waals surface area contributed by atoms with Gasteiger partial charge >= 0.3 is 6.18 Å². The second-order valence-corrected chi connectivity index (χ2v) is 6.06. The van der Waals surface area contributed by atoms with E-state index >= 15 is 0 Å². The first kappa shape index (κ1) is 17.6. The van der Waals surface area contributed by atoms with Gasteiger partial charge in [-0.15, -0.1) is 0 Å². The average Bonchev–Trinajstić information content (AvgIpc) is 3.12. The van der Waals surface area contributed by atoms with Gasteiger partial charge in [-0.2, -0.15) is 13.2 Å². The summed E-state index contributed by atoms with van der Waals surface area (Å²) in [5.74, 6) is 1.34. The Labute approximate surface area is 144 Å². The maximum atomic E-state index is 12.7. The van der Waals surface area contributed by atoms with E-state index in [1.54, 1.807) is 30.3 Å². The fraction of sp³-hybridized carbons (Fsp3) is 0.368. The van der Waals surface area contributed by atoms with Crippen molar-refractivity contribution >= 4 is 0 Å². The average molecular weight is 351 g/mol. The zero-order valence-corrected chi connectivity index (χ0v) is 13.7. The van der Waals surface area contributed by atoms with E-state index in [0.29, 0.717) is 24.0 Å².